The number of nitro benzene ring substituents is 1. The van der Waals surface area contributed by atoms with Crippen LogP contribution in [-0.4, -0.2) is 19.6 Å². The van der Waals surface area contributed by atoms with Crippen LogP contribution in [-0.2, 0) is 6.73 Å². The predicted octanol–water partition coefficient (Wildman–Crippen LogP) is 0.894. The maximum absolute atomic E-state index is 10.6. The lowest BCUT2D eigenvalue weighted by atomic mass is 10.3. The van der Waals surface area contributed by atoms with Crippen LogP contribution in [0.4, 0.5) is 5.69 Å². The first-order valence-electron chi connectivity index (χ1n) is 3.93. The first-order valence-corrected chi connectivity index (χ1v) is 3.93. The molecule has 72 valence electrons. The normalized spacial score (nSPS) is 10.6. The van der Waals surface area contributed by atoms with E-state index < -0.39 is 4.92 Å². The number of rotatable bonds is 2. The summed E-state index contributed by atoms with van der Waals surface area (Å²) in [6.45, 7) is -0.238. The van der Waals surface area contributed by atoms with Crippen LogP contribution in [0.25, 0.3) is 11.0 Å². The standard InChI is InChI=1S/C8H7N3O3/c12-5-10-4-9-8-6(10)2-1-3-7(8)11(13)14/h1-4,12H,5H2. The molecule has 0 amide bonds. The van der Waals surface area contributed by atoms with E-state index >= 15 is 0 Å². The average Bonchev–Trinajstić information content (AvgIpc) is 2.59. The van der Waals surface area contributed by atoms with Crippen LogP contribution < -0.4 is 0 Å². The summed E-state index contributed by atoms with van der Waals surface area (Å²) in [4.78, 5) is 14.0. The maximum Gasteiger partial charge on any atom is 0.297 e. The molecule has 0 fully saturated rings. The van der Waals surface area contributed by atoms with Gasteiger partial charge in [-0.05, 0) is 6.07 Å². The van der Waals surface area contributed by atoms with E-state index in [1.165, 1.54) is 17.0 Å². The van der Waals surface area contributed by atoms with Gasteiger partial charge in [0.25, 0.3) is 5.69 Å². The molecule has 0 unspecified atom stereocenters. The summed E-state index contributed by atoms with van der Waals surface area (Å²) < 4.78 is 1.43. The molecule has 1 N–H and O–H groups in total. The van der Waals surface area contributed by atoms with Crippen LogP contribution in [0.5, 0.6) is 0 Å². The average molecular weight is 193 g/mol. The van der Waals surface area contributed by atoms with Gasteiger partial charge in [0.1, 0.15) is 6.73 Å². The Morgan fingerprint density at radius 2 is 2.36 bits per heavy atom. The van der Waals surface area contributed by atoms with Crippen molar-refractivity contribution in [2.75, 3.05) is 0 Å². The van der Waals surface area contributed by atoms with E-state index in [0.717, 1.165) is 0 Å². The number of nitro groups is 1. The van der Waals surface area contributed by atoms with Crippen molar-refractivity contribution >= 4 is 16.7 Å². The maximum atomic E-state index is 10.6. The summed E-state index contributed by atoms with van der Waals surface area (Å²) in [6.07, 6.45) is 1.37. The molecule has 0 aliphatic heterocycles. The van der Waals surface area contributed by atoms with E-state index in [1.54, 1.807) is 12.1 Å². The van der Waals surface area contributed by atoms with E-state index in [1.807, 2.05) is 0 Å². The zero-order valence-corrected chi connectivity index (χ0v) is 7.12. The van der Waals surface area contributed by atoms with E-state index in [4.69, 9.17) is 5.11 Å². The fourth-order valence-corrected chi connectivity index (χ4v) is 1.33. The zero-order valence-electron chi connectivity index (χ0n) is 7.12. The molecule has 2 aromatic rings. The Hall–Kier alpha value is -1.95. The molecule has 1 aromatic carbocycles. The first-order chi connectivity index (χ1) is 6.74. The van der Waals surface area contributed by atoms with Crippen LogP contribution in [0.1, 0.15) is 0 Å². The number of hydrogen-bond donors (Lipinski definition) is 1. The number of aliphatic hydroxyl groups is 1. The molecule has 0 saturated carbocycles. The zero-order chi connectivity index (χ0) is 10.1. The number of hydrogen-bond acceptors (Lipinski definition) is 4. The number of benzene rings is 1. The van der Waals surface area contributed by atoms with Crippen molar-refractivity contribution in [2.45, 2.75) is 6.73 Å². The quantitative estimate of drug-likeness (QED) is 0.567. The molecule has 0 saturated heterocycles. The van der Waals surface area contributed by atoms with Crippen molar-refractivity contribution < 1.29 is 10.0 Å². The second kappa shape index (κ2) is 3.08. The molecule has 0 aliphatic rings. The van der Waals surface area contributed by atoms with E-state index in [9.17, 15) is 10.1 Å². The van der Waals surface area contributed by atoms with Crippen molar-refractivity contribution in [3.63, 3.8) is 0 Å². The third kappa shape index (κ3) is 1.12. The summed E-state index contributed by atoms with van der Waals surface area (Å²) in [7, 11) is 0. The van der Waals surface area contributed by atoms with Gasteiger partial charge >= 0.3 is 0 Å². The molecule has 6 nitrogen and oxygen atoms in total. The van der Waals surface area contributed by atoms with Gasteiger partial charge in [-0.1, -0.05) is 6.07 Å². The van der Waals surface area contributed by atoms with E-state index in [-0.39, 0.29) is 12.4 Å². The highest BCUT2D eigenvalue weighted by Gasteiger charge is 2.14. The van der Waals surface area contributed by atoms with Gasteiger partial charge in [0, 0.05) is 6.07 Å². The second-order valence-corrected chi connectivity index (χ2v) is 2.76. The monoisotopic (exact) mass is 193 g/mol. The predicted molar refractivity (Wildman–Crippen MR) is 48.6 cm³/mol. The molecule has 1 heterocycles. The molecule has 6 heteroatoms. The third-order valence-corrected chi connectivity index (χ3v) is 1.98. The highest BCUT2D eigenvalue weighted by atomic mass is 16.6. The largest absolute Gasteiger partial charge is 0.376 e. The molecule has 1 aromatic heterocycles. The third-order valence-electron chi connectivity index (χ3n) is 1.98. The molecular weight excluding hydrogens is 186 g/mol. The van der Waals surface area contributed by atoms with Crippen LogP contribution in [0.3, 0.4) is 0 Å². The van der Waals surface area contributed by atoms with E-state index in [0.29, 0.717) is 11.0 Å². The van der Waals surface area contributed by atoms with Crippen LogP contribution in [0.15, 0.2) is 24.5 Å². The molecule has 14 heavy (non-hydrogen) atoms. The van der Waals surface area contributed by atoms with Crippen molar-refractivity contribution in [3.8, 4) is 0 Å². The van der Waals surface area contributed by atoms with Crippen LogP contribution >= 0.6 is 0 Å². The Morgan fingerprint density at radius 3 is 3.00 bits per heavy atom. The molecule has 0 radical (unpaired) electrons. The SMILES string of the molecule is O=[N+]([O-])c1cccc2c1ncn2CO. The van der Waals surface area contributed by atoms with Crippen molar-refractivity contribution in [1.29, 1.82) is 0 Å². The summed E-state index contributed by atoms with van der Waals surface area (Å²) in [6, 6.07) is 4.62. The van der Waals surface area contributed by atoms with Crippen LogP contribution in [0.2, 0.25) is 0 Å². The number of aliphatic hydroxyl groups excluding tert-OH is 1. The van der Waals surface area contributed by atoms with Gasteiger partial charge in [-0.2, -0.15) is 0 Å². The lowest BCUT2D eigenvalue weighted by Crippen LogP contribution is -1.94. The van der Waals surface area contributed by atoms with E-state index in [2.05, 4.69) is 4.98 Å². The van der Waals surface area contributed by atoms with Crippen molar-refractivity contribution in [3.05, 3.63) is 34.6 Å². The fraction of sp³-hybridized carbons (Fsp3) is 0.125. The van der Waals surface area contributed by atoms with Gasteiger partial charge in [0.05, 0.1) is 16.8 Å². The highest BCUT2D eigenvalue weighted by Crippen LogP contribution is 2.23. The van der Waals surface area contributed by atoms with Gasteiger partial charge in [-0.15, -0.1) is 0 Å². The summed E-state index contributed by atoms with van der Waals surface area (Å²) in [5.41, 5.74) is 0.808. The van der Waals surface area contributed by atoms with Gasteiger partial charge in [-0.25, -0.2) is 4.98 Å². The summed E-state index contributed by atoms with van der Waals surface area (Å²) >= 11 is 0. The molecule has 0 aliphatic carbocycles. The number of non-ortho nitro benzene ring substituents is 1. The van der Waals surface area contributed by atoms with Gasteiger partial charge in [-0.3, -0.25) is 10.1 Å². The van der Waals surface area contributed by atoms with Crippen molar-refractivity contribution in [1.82, 2.24) is 9.55 Å². The molecule has 2 rings (SSSR count). The second-order valence-electron chi connectivity index (χ2n) is 2.76. The van der Waals surface area contributed by atoms with Crippen LogP contribution in [0, 0.1) is 10.1 Å². The topological polar surface area (TPSA) is 81.2 Å². The summed E-state index contributed by atoms with van der Waals surface area (Å²) in [5, 5.41) is 19.5. The van der Waals surface area contributed by atoms with Gasteiger partial charge in [0.15, 0.2) is 5.52 Å². The highest BCUT2D eigenvalue weighted by molar-refractivity contribution is 5.84. The van der Waals surface area contributed by atoms with Gasteiger partial charge < -0.3 is 9.67 Å². The van der Waals surface area contributed by atoms with Crippen molar-refractivity contribution in [2.24, 2.45) is 0 Å². The number of fused-ring (bicyclic) bond motifs is 1. The molecule has 0 atom stereocenters. The molecule has 0 bridgehead atoms. The Morgan fingerprint density at radius 1 is 1.57 bits per heavy atom. The first kappa shape index (κ1) is 8.64. The Kier molecular flexibility index (Phi) is 1.90. The minimum atomic E-state index is -0.489. The Bertz CT molecular complexity index is 492. The number of para-hydroxylation sites is 1. The minimum Gasteiger partial charge on any atom is -0.376 e. The number of imidazole rings is 1. The lowest BCUT2D eigenvalue weighted by molar-refractivity contribution is -0.383. The lowest BCUT2D eigenvalue weighted by Gasteiger charge is -1.97. The smallest absolute Gasteiger partial charge is 0.297 e. The number of aromatic nitrogens is 2. The minimum absolute atomic E-state index is 0.0466. The molecular formula is C8H7N3O3. The Labute approximate surface area is 78.6 Å². The summed E-state index contributed by atoms with van der Waals surface area (Å²) in [5.74, 6) is 0. The number of nitrogens with zero attached hydrogens (tertiary/aromatic N) is 3. The van der Waals surface area contributed by atoms with Gasteiger partial charge in [0.2, 0.25) is 0 Å². The fourth-order valence-electron chi connectivity index (χ4n) is 1.33. The molecule has 0 spiro atoms. The Balaban J connectivity index is 2.76.